The topological polar surface area (TPSA) is 86.7 Å². The first-order valence-electron chi connectivity index (χ1n) is 7.51. The summed E-state index contributed by atoms with van der Waals surface area (Å²) < 4.78 is 13.0. The Bertz CT molecular complexity index is 947. The average molecular weight is 323 g/mol. The van der Waals surface area contributed by atoms with Gasteiger partial charge >= 0.3 is 0 Å². The van der Waals surface area contributed by atoms with E-state index in [-0.39, 0.29) is 0 Å². The Morgan fingerprint density at radius 2 is 1.92 bits per heavy atom. The molecule has 7 nitrogen and oxygen atoms in total. The van der Waals surface area contributed by atoms with Gasteiger partial charge in [-0.15, -0.1) is 0 Å². The Labute approximate surface area is 138 Å². The molecule has 1 aliphatic rings. The van der Waals surface area contributed by atoms with Crippen LogP contribution in [0.2, 0.25) is 0 Å². The molecule has 1 unspecified atom stereocenters. The molecular formula is C17H17N5O2. The molecule has 1 atom stereocenters. The van der Waals surface area contributed by atoms with Crippen molar-refractivity contribution in [3.8, 4) is 11.5 Å². The van der Waals surface area contributed by atoms with Crippen molar-refractivity contribution in [1.29, 1.82) is 0 Å². The number of methoxy groups -OCH3 is 2. The zero-order chi connectivity index (χ0) is 16.7. The van der Waals surface area contributed by atoms with Gasteiger partial charge in [-0.05, 0) is 18.2 Å². The molecule has 0 spiro atoms. The van der Waals surface area contributed by atoms with Crippen molar-refractivity contribution in [3.63, 3.8) is 0 Å². The molecule has 1 aliphatic heterocycles. The smallest absolute Gasteiger partial charge is 0.212 e. The molecule has 0 amide bonds. The summed E-state index contributed by atoms with van der Waals surface area (Å²) >= 11 is 0. The van der Waals surface area contributed by atoms with E-state index in [2.05, 4.69) is 15.3 Å². The lowest BCUT2D eigenvalue weighted by atomic mass is 10.1. The van der Waals surface area contributed by atoms with Gasteiger partial charge < -0.3 is 15.2 Å². The highest BCUT2D eigenvalue weighted by Crippen LogP contribution is 2.40. The third-order valence-electron chi connectivity index (χ3n) is 4.05. The van der Waals surface area contributed by atoms with E-state index in [4.69, 9.17) is 15.2 Å². The van der Waals surface area contributed by atoms with Crippen molar-refractivity contribution in [3.05, 3.63) is 48.0 Å². The normalized spacial score (nSPS) is 16.2. The summed E-state index contributed by atoms with van der Waals surface area (Å²) in [4.78, 5) is 9.17. The van der Waals surface area contributed by atoms with Gasteiger partial charge in [-0.3, -0.25) is 9.88 Å². The number of fused-ring (bicyclic) bond motifs is 3. The number of aliphatic imine (C=N–C) groups is 1. The third kappa shape index (κ3) is 2.05. The number of benzene rings is 2. The van der Waals surface area contributed by atoms with Crippen molar-refractivity contribution in [1.82, 2.24) is 9.55 Å². The number of anilines is 1. The Kier molecular flexibility index (Phi) is 3.26. The van der Waals surface area contributed by atoms with Gasteiger partial charge in [0.05, 0.1) is 25.3 Å². The molecule has 2 aromatic carbocycles. The molecule has 0 bridgehead atoms. The predicted octanol–water partition coefficient (Wildman–Crippen LogP) is 2.34. The van der Waals surface area contributed by atoms with Crippen LogP contribution in [-0.2, 0) is 0 Å². The van der Waals surface area contributed by atoms with E-state index in [1.807, 2.05) is 47.0 Å². The fourth-order valence-electron chi connectivity index (χ4n) is 3.04. The summed E-state index contributed by atoms with van der Waals surface area (Å²) in [6.45, 7) is 0. The SMILES string of the molecule is COc1cccc(C2N=C(N)Nc3nc4ccccc4n32)c1OC. The van der Waals surface area contributed by atoms with Gasteiger partial charge in [0.25, 0.3) is 0 Å². The quantitative estimate of drug-likeness (QED) is 0.772. The number of hydrogen-bond acceptors (Lipinski definition) is 6. The number of hydrogen-bond donors (Lipinski definition) is 2. The van der Waals surface area contributed by atoms with E-state index < -0.39 is 6.17 Å². The number of ether oxygens (including phenoxy) is 2. The van der Waals surface area contributed by atoms with Crippen LogP contribution >= 0.6 is 0 Å². The fraction of sp³-hybridized carbons (Fsp3) is 0.176. The van der Waals surface area contributed by atoms with Gasteiger partial charge in [0.15, 0.2) is 23.6 Å². The highest BCUT2D eigenvalue weighted by molar-refractivity contribution is 5.94. The zero-order valence-electron chi connectivity index (χ0n) is 13.4. The van der Waals surface area contributed by atoms with Crippen LogP contribution in [0, 0.1) is 0 Å². The number of guanidine groups is 1. The van der Waals surface area contributed by atoms with Crippen molar-refractivity contribution in [2.45, 2.75) is 6.17 Å². The number of rotatable bonds is 3. The van der Waals surface area contributed by atoms with E-state index >= 15 is 0 Å². The summed E-state index contributed by atoms with van der Waals surface area (Å²) in [5.41, 5.74) is 8.66. The Morgan fingerprint density at radius 1 is 1.08 bits per heavy atom. The van der Waals surface area contributed by atoms with Crippen LogP contribution < -0.4 is 20.5 Å². The molecule has 0 fully saturated rings. The fourth-order valence-corrected chi connectivity index (χ4v) is 3.04. The Balaban J connectivity index is 1.98. The second-order valence-corrected chi connectivity index (χ2v) is 5.39. The molecule has 0 radical (unpaired) electrons. The molecule has 0 saturated heterocycles. The van der Waals surface area contributed by atoms with Crippen LogP contribution in [0.1, 0.15) is 11.7 Å². The number of para-hydroxylation sites is 3. The van der Waals surface area contributed by atoms with Crippen LogP contribution in [-0.4, -0.2) is 29.7 Å². The minimum absolute atomic E-state index is 0.313. The minimum Gasteiger partial charge on any atom is -0.493 e. The van der Waals surface area contributed by atoms with E-state index in [1.165, 1.54) is 0 Å². The van der Waals surface area contributed by atoms with E-state index in [9.17, 15) is 0 Å². The van der Waals surface area contributed by atoms with E-state index in [0.717, 1.165) is 16.6 Å². The number of aromatic nitrogens is 2. The van der Waals surface area contributed by atoms with Crippen LogP contribution in [0.5, 0.6) is 11.5 Å². The first-order valence-corrected chi connectivity index (χ1v) is 7.51. The maximum absolute atomic E-state index is 5.97. The monoisotopic (exact) mass is 323 g/mol. The highest BCUT2D eigenvalue weighted by Gasteiger charge is 2.28. The molecule has 0 aliphatic carbocycles. The summed E-state index contributed by atoms with van der Waals surface area (Å²) in [6.07, 6.45) is -0.390. The third-order valence-corrected chi connectivity index (χ3v) is 4.05. The molecule has 3 N–H and O–H groups in total. The number of nitrogens with one attached hydrogen (secondary N) is 1. The van der Waals surface area contributed by atoms with Crippen molar-refractivity contribution >= 4 is 22.9 Å². The highest BCUT2D eigenvalue weighted by atomic mass is 16.5. The minimum atomic E-state index is -0.390. The van der Waals surface area contributed by atoms with Crippen LogP contribution in [0.3, 0.4) is 0 Å². The number of nitrogens with zero attached hydrogens (tertiary/aromatic N) is 3. The van der Waals surface area contributed by atoms with Crippen molar-refractivity contribution in [2.24, 2.45) is 10.7 Å². The molecule has 0 saturated carbocycles. The molecule has 1 aromatic heterocycles. The lowest BCUT2D eigenvalue weighted by Crippen LogP contribution is -2.31. The lowest BCUT2D eigenvalue weighted by molar-refractivity contribution is 0.348. The second-order valence-electron chi connectivity index (χ2n) is 5.39. The van der Waals surface area contributed by atoms with Crippen LogP contribution in [0.15, 0.2) is 47.5 Å². The van der Waals surface area contributed by atoms with Gasteiger partial charge in [0, 0.05) is 5.56 Å². The second kappa shape index (κ2) is 5.45. The maximum atomic E-state index is 5.97. The molecule has 122 valence electrons. The van der Waals surface area contributed by atoms with Gasteiger partial charge in [0.1, 0.15) is 0 Å². The van der Waals surface area contributed by atoms with Gasteiger partial charge in [-0.1, -0.05) is 24.3 Å². The van der Waals surface area contributed by atoms with Gasteiger partial charge in [-0.25, -0.2) is 9.98 Å². The zero-order valence-corrected chi connectivity index (χ0v) is 13.4. The lowest BCUT2D eigenvalue weighted by Gasteiger charge is -2.25. The van der Waals surface area contributed by atoms with Crippen molar-refractivity contribution in [2.75, 3.05) is 19.5 Å². The molecule has 2 heterocycles. The molecule has 24 heavy (non-hydrogen) atoms. The molecular weight excluding hydrogens is 306 g/mol. The van der Waals surface area contributed by atoms with Crippen LogP contribution in [0.25, 0.3) is 11.0 Å². The maximum Gasteiger partial charge on any atom is 0.212 e. The van der Waals surface area contributed by atoms with E-state index in [0.29, 0.717) is 23.4 Å². The Morgan fingerprint density at radius 3 is 2.71 bits per heavy atom. The summed E-state index contributed by atoms with van der Waals surface area (Å²) in [5, 5.41) is 3.02. The van der Waals surface area contributed by atoms with Gasteiger partial charge in [-0.2, -0.15) is 0 Å². The molecule has 7 heteroatoms. The summed E-state index contributed by atoms with van der Waals surface area (Å²) in [7, 11) is 3.22. The number of nitrogens with two attached hydrogens (primary N) is 1. The predicted molar refractivity (Wildman–Crippen MR) is 92.7 cm³/mol. The van der Waals surface area contributed by atoms with E-state index in [1.54, 1.807) is 14.2 Å². The van der Waals surface area contributed by atoms with Gasteiger partial charge in [0.2, 0.25) is 5.95 Å². The summed E-state index contributed by atoms with van der Waals surface area (Å²) in [5.74, 6) is 2.24. The average Bonchev–Trinajstić information content (AvgIpc) is 2.98. The van der Waals surface area contributed by atoms with Crippen LogP contribution in [0.4, 0.5) is 5.95 Å². The standard InChI is InChI=1S/C17H17N5O2/c1-23-13-9-5-6-10(14(13)24-2)15-20-16(18)21-17-19-11-7-3-4-8-12(11)22(15)17/h3-9,15H,1-2H3,(H3,18,19,20,21). The first kappa shape index (κ1) is 14.4. The summed E-state index contributed by atoms with van der Waals surface area (Å²) in [6, 6.07) is 13.6. The number of imidazole rings is 1. The first-order chi connectivity index (χ1) is 11.7. The molecule has 4 rings (SSSR count). The van der Waals surface area contributed by atoms with Crippen molar-refractivity contribution < 1.29 is 9.47 Å². The largest absolute Gasteiger partial charge is 0.493 e. The molecule has 3 aromatic rings. The Hall–Kier alpha value is -3.22.